The Hall–Kier alpha value is -1.94. The quantitative estimate of drug-likeness (QED) is 0.925. The van der Waals surface area contributed by atoms with Crippen molar-refractivity contribution in [3.8, 4) is 11.3 Å². The zero-order chi connectivity index (χ0) is 14.9. The minimum absolute atomic E-state index is 0.158. The molecule has 0 spiro atoms. The third-order valence-electron chi connectivity index (χ3n) is 5.11. The number of hydrogen-bond donors (Lipinski definition) is 1. The van der Waals surface area contributed by atoms with Gasteiger partial charge >= 0.3 is 0 Å². The van der Waals surface area contributed by atoms with Crippen LogP contribution in [0.1, 0.15) is 30.4 Å². The van der Waals surface area contributed by atoms with Gasteiger partial charge in [-0.3, -0.25) is 9.69 Å². The highest BCUT2D eigenvalue weighted by Crippen LogP contribution is 2.28. The topological polar surface area (TPSA) is 49.0 Å². The van der Waals surface area contributed by atoms with Gasteiger partial charge in [0.2, 0.25) is 0 Å². The standard InChI is InChI=1S/C18H21N3O/c22-18-7-6-17(19-20-18)15-5-4-13-8-10-21(16-2-1-3-16)11-9-14(13)12-15/h4-7,12,16H,1-3,8-11H2,(H,20,22). The number of fused-ring (bicyclic) bond motifs is 1. The average Bonchev–Trinajstić information content (AvgIpc) is 2.69. The van der Waals surface area contributed by atoms with Crippen LogP contribution in [-0.2, 0) is 12.8 Å². The van der Waals surface area contributed by atoms with Crippen molar-refractivity contribution in [3.05, 3.63) is 51.8 Å². The Morgan fingerprint density at radius 1 is 1.05 bits per heavy atom. The van der Waals surface area contributed by atoms with E-state index in [1.54, 1.807) is 6.07 Å². The number of nitrogens with one attached hydrogen (secondary N) is 1. The van der Waals surface area contributed by atoms with E-state index in [4.69, 9.17) is 0 Å². The van der Waals surface area contributed by atoms with Crippen molar-refractivity contribution < 1.29 is 0 Å². The predicted molar refractivity (Wildman–Crippen MR) is 86.9 cm³/mol. The van der Waals surface area contributed by atoms with Crippen molar-refractivity contribution in [2.45, 2.75) is 38.1 Å². The summed E-state index contributed by atoms with van der Waals surface area (Å²) in [6, 6.07) is 10.8. The van der Waals surface area contributed by atoms with Crippen LogP contribution in [0.2, 0.25) is 0 Å². The van der Waals surface area contributed by atoms with E-state index in [1.807, 2.05) is 0 Å². The van der Waals surface area contributed by atoms with Gasteiger partial charge in [0.05, 0.1) is 5.69 Å². The highest BCUT2D eigenvalue weighted by atomic mass is 16.1. The normalized spacial score (nSPS) is 19.3. The summed E-state index contributed by atoms with van der Waals surface area (Å²) in [6.45, 7) is 2.36. The van der Waals surface area contributed by atoms with Gasteiger partial charge in [0.1, 0.15) is 0 Å². The molecule has 0 saturated heterocycles. The van der Waals surface area contributed by atoms with Gasteiger partial charge in [0.25, 0.3) is 5.56 Å². The van der Waals surface area contributed by atoms with Crippen molar-refractivity contribution in [3.63, 3.8) is 0 Å². The summed E-state index contributed by atoms with van der Waals surface area (Å²) in [6.07, 6.45) is 6.41. The lowest BCUT2D eigenvalue weighted by atomic mass is 9.91. The summed E-state index contributed by atoms with van der Waals surface area (Å²) in [4.78, 5) is 13.8. The van der Waals surface area contributed by atoms with Crippen LogP contribution in [0.3, 0.4) is 0 Å². The first-order chi connectivity index (χ1) is 10.8. The van der Waals surface area contributed by atoms with Crippen molar-refractivity contribution in [2.75, 3.05) is 13.1 Å². The fourth-order valence-corrected chi connectivity index (χ4v) is 3.52. The Labute approximate surface area is 130 Å². The summed E-state index contributed by atoms with van der Waals surface area (Å²) in [7, 11) is 0. The first kappa shape index (κ1) is 13.7. The second-order valence-electron chi connectivity index (χ2n) is 6.41. The molecule has 1 N–H and O–H groups in total. The Bertz CT molecular complexity index is 713. The molecule has 0 bridgehead atoms. The number of H-pyrrole nitrogens is 1. The Balaban J connectivity index is 1.58. The van der Waals surface area contributed by atoms with Crippen molar-refractivity contribution >= 4 is 0 Å². The molecule has 1 saturated carbocycles. The summed E-state index contributed by atoms with van der Waals surface area (Å²) in [5.41, 5.74) is 4.67. The van der Waals surface area contributed by atoms with Crippen LogP contribution in [0.5, 0.6) is 0 Å². The van der Waals surface area contributed by atoms with Crippen LogP contribution in [0.4, 0.5) is 0 Å². The van der Waals surface area contributed by atoms with Crippen molar-refractivity contribution in [1.82, 2.24) is 15.1 Å². The molecule has 1 aliphatic carbocycles. The molecule has 2 heterocycles. The first-order valence-corrected chi connectivity index (χ1v) is 8.21. The van der Waals surface area contributed by atoms with Gasteiger partial charge in [0.15, 0.2) is 0 Å². The Kier molecular flexibility index (Phi) is 3.54. The number of rotatable bonds is 2. The molecule has 1 aromatic heterocycles. The van der Waals surface area contributed by atoms with E-state index < -0.39 is 0 Å². The van der Waals surface area contributed by atoms with E-state index >= 15 is 0 Å². The van der Waals surface area contributed by atoms with Crippen LogP contribution in [0.15, 0.2) is 35.1 Å². The molecule has 0 unspecified atom stereocenters. The number of hydrogen-bond acceptors (Lipinski definition) is 3. The highest BCUT2D eigenvalue weighted by Gasteiger charge is 2.26. The van der Waals surface area contributed by atoms with Gasteiger partial charge in [-0.2, -0.15) is 5.10 Å². The first-order valence-electron chi connectivity index (χ1n) is 8.21. The Morgan fingerprint density at radius 3 is 2.55 bits per heavy atom. The van der Waals surface area contributed by atoms with Crippen LogP contribution < -0.4 is 5.56 Å². The predicted octanol–water partition coefficient (Wildman–Crippen LogP) is 2.39. The van der Waals surface area contributed by atoms with Gasteiger partial charge in [0, 0.05) is 30.8 Å². The van der Waals surface area contributed by atoms with Crippen molar-refractivity contribution in [1.29, 1.82) is 0 Å². The molecule has 22 heavy (non-hydrogen) atoms. The largest absolute Gasteiger partial charge is 0.300 e. The van der Waals surface area contributed by atoms with E-state index in [0.717, 1.165) is 30.1 Å². The second-order valence-corrected chi connectivity index (χ2v) is 6.41. The zero-order valence-electron chi connectivity index (χ0n) is 12.7. The Morgan fingerprint density at radius 2 is 1.86 bits per heavy atom. The lowest BCUT2D eigenvalue weighted by molar-refractivity contribution is 0.133. The fraction of sp³-hybridized carbons (Fsp3) is 0.444. The molecule has 114 valence electrons. The monoisotopic (exact) mass is 295 g/mol. The highest BCUT2D eigenvalue weighted by molar-refractivity contribution is 5.60. The molecule has 1 aromatic carbocycles. The minimum atomic E-state index is -0.158. The third kappa shape index (κ3) is 2.59. The molecular formula is C18H21N3O. The van der Waals surface area contributed by atoms with Gasteiger partial charge in [-0.1, -0.05) is 18.6 Å². The molecule has 0 radical (unpaired) electrons. The summed E-state index contributed by atoms with van der Waals surface area (Å²) >= 11 is 0. The molecule has 4 rings (SSSR count). The molecule has 0 atom stereocenters. The van der Waals surface area contributed by atoms with Gasteiger partial charge in [-0.15, -0.1) is 0 Å². The molecule has 2 aromatic rings. The van der Waals surface area contributed by atoms with Crippen LogP contribution in [0.25, 0.3) is 11.3 Å². The smallest absolute Gasteiger partial charge is 0.264 e. The van der Waals surface area contributed by atoms with Gasteiger partial charge < -0.3 is 0 Å². The summed E-state index contributed by atoms with van der Waals surface area (Å²) in [5, 5.41) is 6.65. The number of aromatic amines is 1. The fourth-order valence-electron chi connectivity index (χ4n) is 3.52. The lowest BCUT2D eigenvalue weighted by Gasteiger charge is -2.36. The van der Waals surface area contributed by atoms with E-state index in [1.165, 1.54) is 49.5 Å². The molecule has 4 nitrogen and oxygen atoms in total. The molecule has 4 heteroatoms. The average molecular weight is 295 g/mol. The number of aromatic nitrogens is 2. The molecule has 1 fully saturated rings. The van der Waals surface area contributed by atoms with E-state index in [-0.39, 0.29) is 5.56 Å². The molecule has 0 amide bonds. The zero-order valence-corrected chi connectivity index (χ0v) is 12.7. The maximum absolute atomic E-state index is 11.1. The van der Waals surface area contributed by atoms with Gasteiger partial charge in [-0.05, 0) is 48.9 Å². The molecule has 2 aliphatic rings. The maximum Gasteiger partial charge on any atom is 0.264 e. The van der Waals surface area contributed by atoms with E-state index in [2.05, 4.69) is 33.3 Å². The number of benzene rings is 1. The number of nitrogens with zero attached hydrogens (tertiary/aromatic N) is 2. The van der Waals surface area contributed by atoms with E-state index in [0.29, 0.717) is 0 Å². The third-order valence-corrected chi connectivity index (χ3v) is 5.11. The molecule has 1 aliphatic heterocycles. The summed E-state index contributed by atoms with van der Waals surface area (Å²) < 4.78 is 0. The lowest BCUT2D eigenvalue weighted by Crippen LogP contribution is -2.41. The maximum atomic E-state index is 11.1. The van der Waals surface area contributed by atoms with Crippen LogP contribution >= 0.6 is 0 Å². The van der Waals surface area contributed by atoms with E-state index in [9.17, 15) is 4.79 Å². The van der Waals surface area contributed by atoms with Crippen LogP contribution in [-0.4, -0.2) is 34.2 Å². The second kappa shape index (κ2) is 5.69. The van der Waals surface area contributed by atoms with Gasteiger partial charge in [-0.25, -0.2) is 5.10 Å². The SMILES string of the molecule is O=c1ccc(-c2ccc3c(c2)CCN(C2CCC2)CC3)n[nH]1. The molecular weight excluding hydrogens is 274 g/mol. The minimum Gasteiger partial charge on any atom is -0.300 e. The summed E-state index contributed by atoms with van der Waals surface area (Å²) in [5.74, 6) is 0. The van der Waals surface area contributed by atoms with Crippen LogP contribution in [0, 0.1) is 0 Å². The van der Waals surface area contributed by atoms with Crippen molar-refractivity contribution in [2.24, 2.45) is 0 Å².